The normalized spacial score (nSPS) is 11.5. The number of hydrogen-bond donors (Lipinski definition) is 1. The number of carbonyl (C=O) groups excluding carboxylic acids is 2. The van der Waals surface area contributed by atoms with E-state index in [0.717, 1.165) is 33.7 Å². The van der Waals surface area contributed by atoms with E-state index in [1.807, 2.05) is 73.3 Å². The first kappa shape index (κ1) is 24.3. The van der Waals surface area contributed by atoms with Gasteiger partial charge in [0, 0.05) is 23.6 Å². The van der Waals surface area contributed by atoms with E-state index in [2.05, 4.69) is 5.32 Å². The molecule has 2 aromatic carbocycles. The molecule has 0 radical (unpaired) electrons. The average Bonchev–Trinajstić information content (AvgIpc) is 3.24. The predicted molar refractivity (Wildman–Crippen MR) is 126 cm³/mol. The number of carbonyl (C=O) groups is 2. The van der Waals surface area contributed by atoms with Crippen LogP contribution in [0.25, 0.3) is 0 Å². The lowest BCUT2D eigenvalue weighted by Crippen LogP contribution is -2.39. The van der Waals surface area contributed by atoms with Crippen molar-refractivity contribution in [3.8, 4) is 0 Å². The molecule has 174 valence electrons. The molecule has 0 saturated heterocycles. The lowest BCUT2D eigenvalue weighted by molar-refractivity contribution is -0.317. The van der Waals surface area contributed by atoms with Gasteiger partial charge in [-0.2, -0.15) is 0 Å². The van der Waals surface area contributed by atoms with Gasteiger partial charge < -0.3 is 19.6 Å². The maximum atomic E-state index is 12.8. The molecule has 6 heteroatoms. The van der Waals surface area contributed by atoms with Gasteiger partial charge >= 0.3 is 0 Å². The van der Waals surface area contributed by atoms with E-state index in [9.17, 15) is 14.7 Å². The van der Waals surface area contributed by atoms with Crippen LogP contribution in [0, 0.1) is 19.3 Å². The lowest BCUT2D eigenvalue weighted by Gasteiger charge is -2.26. The number of aliphatic carboxylic acids is 1. The number of carboxylic acids is 1. The van der Waals surface area contributed by atoms with Gasteiger partial charge in [0.15, 0.2) is 0 Å². The first-order valence-corrected chi connectivity index (χ1v) is 11.0. The first-order valence-electron chi connectivity index (χ1n) is 11.0. The number of nitrogens with one attached hydrogen (secondary N) is 1. The molecular weight excluding hydrogens is 416 g/mol. The fourth-order valence-electron chi connectivity index (χ4n) is 3.74. The molecule has 1 aromatic heterocycles. The van der Waals surface area contributed by atoms with Crippen LogP contribution in [0.1, 0.15) is 41.9 Å². The van der Waals surface area contributed by atoms with Crippen LogP contribution in [0.5, 0.6) is 0 Å². The highest BCUT2D eigenvalue weighted by molar-refractivity contribution is 5.93. The third kappa shape index (κ3) is 7.05. The predicted octanol–water partition coefficient (Wildman–Crippen LogP) is 3.86. The van der Waals surface area contributed by atoms with E-state index >= 15 is 0 Å². The van der Waals surface area contributed by atoms with Gasteiger partial charge in [0.1, 0.15) is 5.76 Å². The summed E-state index contributed by atoms with van der Waals surface area (Å²) in [7, 11) is 0. The Balaban J connectivity index is 1.69. The molecule has 0 spiro atoms. The second-order valence-electron chi connectivity index (χ2n) is 9.26. The van der Waals surface area contributed by atoms with Crippen LogP contribution in [-0.4, -0.2) is 23.3 Å². The standard InChI is InChI=1S/C27H32N2O4/c1-19-7-12-24(20(2)14-19)28-25(30)18-29(17-23-6-5-13-33-23)16-22-10-8-21(9-11-22)15-27(3,4)26(31)32/h5-14H,15-18H2,1-4H3,(H,28,30)(H,31,32)/p-1. The molecule has 1 amide bonds. The Morgan fingerprint density at radius 2 is 1.70 bits per heavy atom. The number of amides is 1. The summed E-state index contributed by atoms with van der Waals surface area (Å²) in [4.78, 5) is 26.1. The van der Waals surface area contributed by atoms with Crippen LogP contribution in [-0.2, 0) is 29.1 Å². The summed E-state index contributed by atoms with van der Waals surface area (Å²) in [5, 5.41) is 14.3. The van der Waals surface area contributed by atoms with Gasteiger partial charge in [-0.25, -0.2) is 0 Å². The van der Waals surface area contributed by atoms with E-state index in [-0.39, 0.29) is 12.5 Å². The number of benzene rings is 2. The molecule has 0 atom stereocenters. The first-order chi connectivity index (χ1) is 15.6. The summed E-state index contributed by atoms with van der Waals surface area (Å²) < 4.78 is 5.50. The van der Waals surface area contributed by atoms with E-state index in [1.165, 1.54) is 0 Å². The molecule has 1 heterocycles. The van der Waals surface area contributed by atoms with Gasteiger partial charge in [-0.15, -0.1) is 0 Å². The molecule has 3 aromatic rings. The maximum Gasteiger partial charge on any atom is 0.238 e. The van der Waals surface area contributed by atoms with Crippen molar-refractivity contribution in [3.05, 3.63) is 88.9 Å². The number of hydrogen-bond acceptors (Lipinski definition) is 5. The van der Waals surface area contributed by atoms with Crippen LogP contribution in [0.15, 0.2) is 65.3 Å². The minimum Gasteiger partial charge on any atom is -0.550 e. The Hall–Kier alpha value is -3.38. The fourth-order valence-corrected chi connectivity index (χ4v) is 3.74. The summed E-state index contributed by atoms with van der Waals surface area (Å²) in [5.74, 6) is -0.381. The summed E-state index contributed by atoms with van der Waals surface area (Å²) in [6.45, 7) is 8.57. The van der Waals surface area contributed by atoms with Crippen molar-refractivity contribution in [1.82, 2.24) is 4.90 Å². The van der Waals surface area contributed by atoms with Crippen molar-refractivity contribution in [3.63, 3.8) is 0 Å². The molecular formula is C27H31N2O4-. The lowest BCUT2D eigenvalue weighted by atomic mass is 9.86. The molecule has 0 fully saturated rings. The quantitative estimate of drug-likeness (QED) is 0.510. The number of anilines is 1. The van der Waals surface area contributed by atoms with Crippen molar-refractivity contribution in [2.45, 2.75) is 47.2 Å². The zero-order valence-corrected chi connectivity index (χ0v) is 19.7. The third-order valence-corrected chi connectivity index (χ3v) is 5.61. The molecule has 33 heavy (non-hydrogen) atoms. The fraction of sp³-hybridized carbons (Fsp3) is 0.333. The van der Waals surface area contributed by atoms with Crippen molar-refractivity contribution in [1.29, 1.82) is 0 Å². The molecule has 0 bridgehead atoms. The molecule has 0 aliphatic carbocycles. The Kier molecular flexibility index (Phi) is 7.71. The topological polar surface area (TPSA) is 85.6 Å². The second-order valence-corrected chi connectivity index (χ2v) is 9.26. The number of carboxylic acid groups (broad SMARTS) is 1. The monoisotopic (exact) mass is 447 g/mol. The number of aryl methyl sites for hydroxylation is 2. The summed E-state index contributed by atoms with van der Waals surface area (Å²) in [6, 6.07) is 17.5. The molecule has 6 nitrogen and oxygen atoms in total. The van der Waals surface area contributed by atoms with Crippen LogP contribution in [0.3, 0.4) is 0 Å². The number of furan rings is 1. The Bertz CT molecular complexity index is 1090. The maximum absolute atomic E-state index is 12.8. The van der Waals surface area contributed by atoms with Crippen molar-refractivity contribution < 1.29 is 19.1 Å². The van der Waals surface area contributed by atoms with Crippen LogP contribution in [0.2, 0.25) is 0 Å². The minimum absolute atomic E-state index is 0.0964. The van der Waals surface area contributed by atoms with Gasteiger partial charge in [-0.3, -0.25) is 9.69 Å². The van der Waals surface area contributed by atoms with Crippen LogP contribution in [0.4, 0.5) is 5.69 Å². The largest absolute Gasteiger partial charge is 0.550 e. The average molecular weight is 448 g/mol. The highest BCUT2D eigenvalue weighted by atomic mass is 16.4. The van der Waals surface area contributed by atoms with Gasteiger partial charge in [-0.1, -0.05) is 55.8 Å². The van der Waals surface area contributed by atoms with Gasteiger partial charge in [0.25, 0.3) is 0 Å². The minimum atomic E-state index is -1.06. The van der Waals surface area contributed by atoms with Crippen LogP contribution >= 0.6 is 0 Å². The molecule has 3 rings (SSSR count). The van der Waals surface area contributed by atoms with Crippen molar-refractivity contribution in [2.75, 3.05) is 11.9 Å². The van der Waals surface area contributed by atoms with E-state index in [0.29, 0.717) is 19.5 Å². The van der Waals surface area contributed by atoms with E-state index in [1.54, 1.807) is 20.1 Å². The SMILES string of the molecule is Cc1ccc(NC(=O)CN(Cc2ccc(CC(C)(C)C(=O)[O-])cc2)Cc2ccco2)c(C)c1. The molecule has 1 N–H and O–H groups in total. The van der Waals surface area contributed by atoms with E-state index < -0.39 is 11.4 Å². The molecule has 0 unspecified atom stereocenters. The second kappa shape index (κ2) is 10.5. The summed E-state index contributed by atoms with van der Waals surface area (Å²) in [6.07, 6.45) is 2.02. The van der Waals surface area contributed by atoms with Gasteiger partial charge in [0.2, 0.25) is 5.91 Å². The van der Waals surface area contributed by atoms with Gasteiger partial charge in [-0.05, 0) is 55.2 Å². The van der Waals surface area contributed by atoms with Crippen molar-refractivity contribution >= 4 is 17.6 Å². The van der Waals surface area contributed by atoms with Gasteiger partial charge in [0.05, 0.1) is 19.4 Å². The Morgan fingerprint density at radius 3 is 2.30 bits per heavy atom. The van der Waals surface area contributed by atoms with Crippen molar-refractivity contribution in [2.24, 2.45) is 5.41 Å². The highest BCUT2D eigenvalue weighted by Crippen LogP contribution is 2.22. The third-order valence-electron chi connectivity index (χ3n) is 5.61. The molecule has 0 aliphatic rings. The molecule has 0 aliphatic heterocycles. The van der Waals surface area contributed by atoms with Crippen LogP contribution < -0.4 is 10.4 Å². The Labute approximate surface area is 195 Å². The highest BCUT2D eigenvalue weighted by Gasteiger charge is 2.20. The Morgan fingerprint density at radius 1 is 1.00 bits per heavy atom. The molecule has 0 saturated carbocycles. The zero-order valence-electron chi connectivity index (χ0n) is 19.7. The van der Waals surface area contributed by atoms with E-state index in [4.69, 9.17) is 4.42 Å². The summed E-state index contributed by atoms with van der Waals surface area (Å²) >= 11 is 0. The smallest absolute Gasteiger partial charge is 0.238 e. The number of nitrogens with zero attached hydrogens (tertiary/aromatic N) is 1. The summed E-state index contributed by atoms with van der Waals surface area (Å²) in [5.41, 5.74) is 4.00. The zero-order chi connectivity index (χ0) is 24.0. The number of rotatable bonds is 10.